The standard InChI is InChI=1S/C13H23N3OS/c1-11(17)16-6-2-5-15(7-8-16)10-13(3-4-13)9-12(14)18/h2-10H2,1H3,(H2,14,18). The van der Waals surface area contributed by atoms with Crippen LogP contribution >= 0.6 is 12.2 Å². The number of hydrogen-bond donors (Lipinski definition) is 1. The van der Waals surface area contributed by atoms with Gasteiger partial charge in [0.1, 0.15) is 0 Å². The minimum absolute atomic E-state index is 0.195. The fourth-order valence-corrected chi connectivity index (χ4v) is 3.16. The first-order valence-electron chi connectivity index (χ1n) is 6.77. The van der Waals surface area contributed by atoms with E-state index in [0.717, 1.165) is 45.6 Å². The average Bonchev–Trinajstić information content (AvgIpc) is 3.03. The molecule has 5 heteroatoms. The summed E-state index contributed by atoms with van der Waals surface area (Å²) in [5.74, 6) is 0.195. The molecule has 1 saturated carbocycles. The molecule has 0 atom stereocenters. The van der Waals surface area contributed by atoms with Gasteiger partial charge in [-0.2, -0.15) is 0 Å². The highest BCUT2D eigenvalue weighted by molar-refractivity contribution is 7.80. The second-order valence-corrected chi connectivity index (χ2v) is 6.30. The van der Waals surface area contributed by atoms with Crippen LogP contribution in [-0.4, -0.2) is 53.4 Å². The summed E-state index contributed by atoms with van der Waals surface area (Å²) in [6.07, 6.45) is 4.45. The molecule has 18 heavy (non-hydrogen) atoms. The topological polar surface area (TPSA) is 49.6 Å². The predicted molar refractivity (Wildman–Crippen MR) is 76.4 cm³/mol. The molecule has 1 saturated heterocycles. The molecule has 0 spiro atoms. The van der Waals surface area contributed by atoms with Crippen molar-refractivity contribution < 1.29 is 4.79 Å². The van der Waals surface area contributed by atoms with Crippen LogP contribution in [0.15, 0.2) is 0 Å². The van der Waals surface area contributed by atoms with Gasteiger partial charge in [0.15, 0.2) is 0 Å². The van der Waals surface area contributed by atoms with Crippen molar-refractivity contribution in [2.75, 3.05) is 32.7 Å². The zero-order valence-corrected chi connectivity index (χ0v) is 12.0. The van der Waals surface area contributed by atoms with E-state index < -0.39 is 0 Å². The van der Waals surface area contributed by atoms with E-state index in [1.165, 1.54) is 12.8 Å². The minimum atomic E-state index is 0.195. The van der Waals surface area contributed by atoms with Gasteiger partial charge in [-0.25, -0.2) is 0 Å². The molecule has 0 aromatic heterocycles. The van der Waals surface area contributed by atoms with Crippen LogP contribution in [0.1, 0.15) is 32.6 Å². The van der Waals surface area contributed by atoms with Crippen molar-refractivity contribution >= 4 is 23.1 Å². The van der Waals surface area contributed by atoms with Crippen LogP contribution in [0.2, 0.25) is 0 Å². The number of hydrogen-bond acceptors (Lipinski definition) is 3. The summed E-state index contributed by atoms with van der Waals surface area (Å²) in [4.78, 5) is 16.5. The van der Waals surface area contributed by atoms with Crippen LogP contribution in [0, 0.1) is 5.41 Å². The zero-order valence-electron chi connectivity index (χ0n) is 11.2. The summed E-state index contributed by atoms with van der Waals surface area (Å²) in [5.41, 5.74) is 6.03. The summed E-state index contributed by atoms with van der Waals surface area (Å²) in [6, 6.07) is 0. The van der Waals surface area contributed by atoms with E-state index in [1.54, 1.807) is 6.92 Å². The third-order valence-corrected chi connectivity index (χ3v) is 4.24. The molecule has 0 radical (unpaired) electrons. The monoisotopic (exact) mass is 269 g/mol. The zero-order chi connectivity index (χ0) is 13.2. The van der Waals surface area contributed by atoms with Crippen molar-refractivity contribution in [2.45, 2.75) is 32.6 Å². The van der Waals surface area contributed by atoms with E-state index in [0.29, 0.717) is 10.4 Å². The largest absolute Gasteiger partial charge is 0.393 e. The third-order valence-electron chi connectivity index (χ3n) is 4.10. The Kier molecular flexibility index (Phi) is 4.22. The molecule has 2 rings (SSSR count). The first-order chi connectivity index (χ1) is 8.51. The van der Waals surface area contributed by atoms with Crippen molar-refractivity contribution in [3.8, 4) is 0 Å². The molecule has 4 nitrogen and oxygen atoms in total. The van der Waals surface area contributed by atoms with Crippen LogP contribution < -0.4 is 5.73 Å². The Balaban J connectivity index is 1.84. The first kappa shape index (κ1) is 13.7. The fraction of sp³-hybridized carbons (Fsp3) is 0.846. The minimum Gasteiger partial charge on any atom is -0.393 e. The number of thiocarbonyl (C=S) groups is 1. The molecule has 1 aliphatic heterocycles. The van der Waals surface area contributed by atoms with Gasteiger partial charge >= 0.3 is 0 Å². The Hall–Kier alpha value is -0.680. The van der Waals surface area contributed by atoms with Gasteiger partial charge in [0.25, 0.3) is 0 Å². The summed E-state index contributed by atoms with van der Waals surface area (Å²) in [7, 11) is 0. The number of carbonyl (C=O) groups excluding carboxylic acids is 1. The highest BCUT2D eigenvalue weighted by Crippen LogP contribution is 2.49. The maximum absolute atomic E-state index is 11.4. The number of nitrogens with zero attached hydrogens (tertiary/aromatic N) is 2. The molecule has 2 N–H and O–H groups in total. The summed E-state index contributed by atoms with van der Waals surface area (Å²) < 4.78 is 0. The Bertz CT molecular complexity index is 341. The Morgan fingerprint density at radius 1 is 1.28 bits per heavy atom. The van der Waals surface area contributed by atoms with E-state index in [2.05, 4.69) is 4.90 Å². The second-order valence-electron chi connectivity index (χ2n) is 5.78. The normalized spacial score (nSPS) is 23.5. The van der Waals surface area contributed by atoms with Crippen LogP contribution in [0.25, 0.3) is 0 Å². The highest BCUT2D eigenvalue weighted by atomic mass is 32.1. The molecule has 1 aliphatic carbocycles. The summed E-state index contributed by atoms with van der Waals surface area (Å²) in [6.45, 7) is 6.58. The summed E-state index contributed by atoms with van der Waals surface area (Å²) >= 11 is 5.04. The molecule has 2 aliphatic rings. The van der Waals surface area contributed by atoms with Gasteiger partial charge in [-0.1, -0.05) is 12.2 Å². The molecule has 0 aromatic carbocycles. The van der Waals surface area contributed by atoms with Crippen LogP contribution in [0.5, 0.6) is 0 Å². The number of carbonyl (C=O) groups is 1. The van der Waals surface area contributed by atoms with Gasteiger partial charge in [0.2, 0.25) is 5.91 Å². The molecule has 1 amide bonds. The number of rotatable bonds is 4. The third kappa shape index (κ3) is 3.65. The van der Waals surface area contributed by atoms with E-state index in [4.69, 9.17) is 18.0 Å². The maximum Gasteiger partial charge on any atom is 0.219 e. The Labute approximate surface area is 114 Å². The Morgan fingerprint density at radius 2 is 2.00 bits per heavy atom. The van der Waals surface area contributed by atoms with Crippen molar-refractivity contribution in [3.63, 3.8) is 0 Å². The van der Waals surface area contributed by atoms with Gasteiger partial charge in [0, 0.05) is 39.5 Å². The molecular formula is C13H23N3OS. The van der Waals surface area contributed by atoms with Gasteiger partial charge in [-0.15, -0.1) is 0 Å². The van der Waals surface area contributed by atoms with Crippen LogP contribution in [-0.2, 0) is 4.79 Å². The number of nitrogens with two attached hydrogens (primary N) is 1. The lowest BCUT2D eigenvalue weighted by atomic mass is 10.0. The smallest absolute Gasteiger partial charge is 0.219 e. The van der Waals surface area contributed by atoms with E-state index in [9.17, 15) is 4.79 Å². The molecule has 0 unspecified atom stereocenters. The fourth-order valence-electron chi connectivity index (χ4n) is 2.86. The highest BCUT2D eigenvalue weighted by Gasteiger charge is 2.44. The first-order valence-corrected chi connectivity index (χ1v) is 7.18. The molecule has 1 heterocycles. The molecular weight excluding hydrogens is 246 g/mol. The molecule has 0 aromatic rings. The van der Waals surface area contributed by atoms with Crippen molar-refractivity contribution in [1.82, 2.24) is 9.80 Å². The summed E-state index contributed by atoms with van der Waals surface area (Å²) in [5, 5.41) is 0. The van der Waals surface area contributed by atoms with Gasteiger partial charge in [-0.05, 0) is 31.2 Å². The van der Waals surface area contributed by atoms with Gasteiger partial charge in [-0.3, -0.25) is 4.79 Å². The van der Waals surface area contributed by atoms with Gasteiger partial charge < -0.3 is 15.5 Å². The molecule has 102 valence electrons. The van der Waals surface area contributed by atoms with E-state index in [-0.39, 0.29) is 5.91 Å². The van der Waals surface area contributed by atoms with E-state index in [1.807, 2.05) is 4.90 Å². The lowest BCUT2D eigenvalue weighted by Gasteiger charge is -2.26. The van der Waals surface area contributed by atoms with Gasteiger partial charge in [0.05, 0.1) is 4.99 Å². The van der Waals surface area contributed by atoms with E-state index >= 15 is 0 Å². The lowest BCUT2D eigenvalue weighted by Crippen LogP contribution is -2.36. The quantitative estimate of drug-likeness (QED) is 0.774. The van der Waals surface area contributed by atoms with Crippen LogP contribution in [0.4, 0.5) is 0 Å². The molecule has 2 fully saturated rings. The van der Waals surface area contributed by atoms with Crippen molar-refractivity contribution in [1.29, 1.82) is 0 Å². The maximum atomic E-state index is 11.4. The van der Waals surface area contributed by atoms with Crippen molar-refractivity contribution in [3.05, 3.63) is 0 Å². The lowest BCUT2D eigenvalue weighted by molar-refractivity contribution is -0.128. The predicted octanol–water partition coefficient (Wildman–Crippen LogP) is 0.997. The second kappa shape index (κ2) is 5.53. The SMILES string of the molecule is CC(=O)N1CCCN(CC2(CC(N)=S)CC2)CC1. The number of amides is 1. The Morgan fingerprint density at radius 3 is 2.56 bits per heavy atom. The molecule has 0 bridgehead atoms. The van der Waals surface area contributed by atoms with Crippen LogP contribution in [0.3, 0.4) is 0 Å². The van der Waals surface area contributed by atoms with Crippen molar-refractivity contribution in [2.24, 2.45) is 11.1 Å². The average molecular weight is 269 g/mol.